The van der Waals surface area contributed by atoms with Crippen LogP contribution in [0.5, 0.6) is 0 Å². The molecule has 3 rings (SSSR count). The van der Waals surface area contributed by atoms with Crippen molar-refractivity contribution < 1.29 is 9.59 Å². The van der Waals surface area contributed by atoms with Crippen molar-refractivity contribution in [1.82, 2.24) is 10.2 Å². The number of hydrogen-bond donors (Lipinski definition) is 1. The molecule has 1 saturated heterocycles. The molecule has 1 aliphatic rings. The van der Waals surface area contributed by atoms with E-state index in [1.165, 1.54) is 4.90 Å². The van der Waals surface area contributed by atoms with E-state index in [2.05, 4.69) is 5.32 Å². The number of imide groups is 1. The van der Waals surface area contributed by atoms with Gasteiger partial charge in [-0.2, -0.15) is 0 Å². The predicted molar refractivity (Wildman–Crippen MR) is 94.6 cm³/mol. The zero-order valence-electron chi connectivity index (χ0n) is 13.9. The first-order valence-electron chi connectivity index (χ1n) is 8.44. The molecule has 0 aromatic heterocycles. The molecule has 0 bridgehead atoms. The molecular weight excluding hydrogens is 300 g/mol. The normalized spacial score (nSPS) is 16.8. The van der Waals surface area contributed by atoms with Crippen LogP contribution >= 0.6 is 0 Å². The summed E-state index contributed by atoms with van der Waals surface area (Å²) in [5.41, 5.74) is 2.43. The van der Waals surface area contributed by atoms with E-state index in [-0.39, 0.29) is 17.9 Å². The van der Waals surface area contributed by atoms with Crippen molar-refractivity contribution in [3.63, 3.8) is 0 Å². The summed E-state index contributed by atoms with van der Waals surface area (Å²) in [7, 11) is 0. The molecule has 2 aromatic carbocycles. The van der Waals surface area contributed by atoms with Crippen LogP contribution in [0.25, 0.3) is 11.1 Å². The number of carbonyl (C=O) groups is 2. The van der Waals surface area contributed by atoms with E-state index in [0.717, 1.165) is 24.1 Å². The Balaban J connectivity index is 2.00. The molecule has 0 aliphatic carbocycles. The lowest BCUT2D eigenvalue weighted by Crippen LogP contribution is -2.45. The molecule has 0 radical (unpaired) electrons. The smallest absolute Gasteiger partial charge is 0.261 e. The van der Waals surface area contributed by atoms with Gasteiger partial charge in [0.05, 0.1) is 6.04 Å². The van der Waals surface area contributed by atoms with Crippen LogP contribution in [-0.4, -0.2) is 35.8 Å². The van der Waals surface area contributed by atoms with Crippen LogP contribution in [0.15, 0.2) is 54.6 Å². The first kappa shape index (κ1) is 16.4. The molecule has 1 unspecified atom stereocenters. The van der Waals surface area contributed by atoms with E-state index in [9.17, 15) is 9.59 Å². The maximum absolute atomic E-state index is 13.2. The van der Waals surface area contributed by atoms with Crippen molar-refractivity contribution in [3.05, 3.63) is 60.2 Å². The van der Waals surface area contributed by atoms with E-state index in [0.29, 0.717) is 18.5 Å². The Morgan fingerprint density at radius 2 is 1.79 bits per heavy atom. The Kier molecular flexibility index (Phi) is 5.06. The number of hydrogen-bond acceptors (Lipinski definition) is 3. The fourth-order valence-corrected chi connectivity index (χ4v) is 3.18. The monoisotopic (exact) mass is 322 g/mol. The van der Waals surface area contributed by atoms with Crippen LogP contribution in [0.4, 0.5) is 0 Å². The van der Waals surface area contributed by atoms with Crippen molar-refractivity contribution in [3.8, 4) is 11.1 Å². The quantitative estimate of drug-likeness (QED) is 0.941. The first-order chi connectivity index (χ1) is 11.7. The Hall–Kier alpha value is -2.46. The molecule has 1 N–H and O–H groups in total. The summed E-state index contributed by atoms with van der Waals surface area (Å²) >= 11 is 0. The number of benzene rings is 2. The summed E-state index contributed by atoms with van der Waals surface area (Å²) in [4.78, 5) is 27.1. The third-order valence-electron chi connectivity index (χ3n) is 4.43. The highest BCUT2D eigenvalue weighted by Crippen LogP contribution is 2.26. The topological polar surface area (TPSA) is 49.4 Å². The van der Waals surface area contributed by atoms with Gasteiger partial charge in [-0.1, -0.05) is 55.5 Å². The fraction of sp³-hybridized carbons (Fsp3) is 0.300. The van der Waals surface area contributed by atoms with Gasteiger partial charge in [-0.25, -0.2) is 0 Å². The number of nitrogens with one attached hydrogen (secondary N) is 1. The van der Waals surface area contributed by atoms with E-state index in [1.54, 1.807) is 6.92 Å². The minimum absolute atomic E-state index is 0.0613. The van der Waals surface area contributed by atoms with Crippen LogP contribution in [0.3, 0.4) is 0 Å². The molecule has 2 aromatic rings. The van der Waals surface area contributed by atoms with Crippen LogP contribution in [0.1, 0.15) is 30.1 Å². The van der Waals surface area contributed by atoms with Gasteiger partial charge in [-0.3, -0.25) is 14.5 Å². The zero-order chi connectivity index (χ0) is 16.9. The van der Waals surface area contributed by atoms with Gasteiger partial charge >= 0.3 is 0 Å². The molecule has 24 heavy (non-hydrogen) atoms. The Morgan fingerprint density at radius 1 is 1.08 bits per heavy atom. The van der Waals surface area contributed by atoms with Crippen LogP contribution in [0, 0.1) is 0 Å². The van der Waals surface area contributed by atoms with Gasteiger partial charge in [0.1, 0.15) is 0 Å². The van der Waals surface area contributed by atoms with Gasteiger partial charge < -0.3 is 5.32 Å². The lowest BCUT2D eigenvalue weighted by atomic mass is 9.98. The largest absolute Gasteiger partial charge is 0.315 e. The van der Waals surface area contributed by atoms with Gasteiger partial charge in [0, 0.05) is 18.5 Å². The number of amides is 2. The molecule has 124 valence electrons. The van der Waals surface area contributed by atoms with Gasteiger partial charge in [-0.15, -0.1) is 0 Å². The fourth-order valence-electron chi connectivity index (χ4n) is 3.18. The Morgan fingerprint density at radius 3 is 2.46 bits per heavy atom. The second kappa shape index (κ2) is 7.41. The van der Waals surface area contributed by atoms with Crippen LogP contribution in [0.2, 0.25) is 0 Å². The second-order valence-corrected chi connectivity index (χ2v) is 5.98. The third kappa shape index (κ3) is 3.24. The van der Waals surface area contributed by atoms with Crippen molar-refractivity contribution in [1.29, 1.82) is 0 Å². The highest BCUT2D eigenvalue weighted by molar-refractivity contribution is 6.08. The van der Waals surface area contributed by atoms with Crippen molar-refractivity contribution >= 4 is 11.8 Å². The second-order valence-electron chi connectivity index (χ2n) is 5.98. The summed E-state index contributed by atoms with van der Waals surface area (Å²) in [6.07, 6.45) is 1.14. The van der Waals surface area contributed by atoms with Crippen molar-refractivity contribution in [2.75, 3.05) is 13.1 Å². The number of nitrogens with zero attached hydrogens (tertiary/aromatic N) is 1. The predicted octanol–water partition coefficient (Wildman–Crippen LogP) is 3.09. The van der Waals surface area contributed by atoms with E-state index in [4.69, 9.17) is 0 Å². The van der Waals surface area contributed by atoms with E-state index in [1.807, 2.05) is 54.6 Å². The van der Waals surface area contributed by atoms with Gasteiger partial charge in [-0.05, 0) is 30.2 Å². The summed E-state index contributed by atoms with van der Waals surface area (Å²) < 4.78 is 0. The SMILES string of the molecule is CCC(=O)N(C(=O)c1ccccc1-c1ccccc1)C1CCNC1. The summed E-state index contributed by atoms with van der Waals surface area (Å²) in [5.74, 6) is -0.313. The maximum atomic E-state index is 13.2. The van der Waals surface area contributed by atoms with E-state index < -0.39 is 0 Å². The lowest BCUT2D eigenvalue weighted by Gasteiger charge is -2.27. The molecule has 1 heterocycles. The Bertz CT molecular complexity index is 721. The van der Waals surface area contributed by atoms with Gasteiger partial charge in [0.25, 0.3) is 5.91 Å². The molecule has 2 amide bonds. The summed E-state index contributed by atoms with van der Waals surface area (Å²) in [5, 5.41) is 3.24. The molecular formula is C20H22N2O2. The first-order valence-corrected chi connectivity index (χ1v) is 8.44. The number of rotatable bonds is 4. The average molecular weight is 322 g/mol. The molecule has 4 heteroatoms. The third-order valence-corrected chi connectivity index (χ3v) is 4.43. The minimum atomic E-state index is -0.199. The molecule has 0 spiro atoms. The lowest BCUT2D eigenvalue weighted by molar-refractivity contribution is -0.129. The van der Waals surface area contributed by atoms with E-state index >= 15 is 0 Å². The maximum Gasteiger partial charge on any atom is 0.261 e. The van der Waals surface area contributed by atoms with Crippen molar-refractivity contribution in [2.24, 2.45) is 0 Å². The summed E-state index contributed by atoms with van der Waals surface area (Å²) in [6.45, 7) is 3.31. The highest BCUT2D eigenvalue weighted by Gasteiger charge is 2.32. The van der Waals surface area contributed by atoms with Crippen LogP contribution < -0.4 is 5.32 Å². The molecule has 1 aliphatic heterocycles. The number of carbonyl (C=O) groups excluding carboxylic acids is 2. The van der Waals surface area contributed by atoms with Gasteiger partial charge in [0.2, 0.25) is 5.91 Å². The zero-order valence-corrected chi connectivity index (χ0v) is 13.9. The standard InChI is InChI=1S/C20H22N2O2/c1-2-19(23)22(16-12-13-21-14-16)20(24)18-11-7-6-10-17(18)15-8-4-3-5-9-15/h3-11,16,21H,2,12-14H2,1H3. The van der Waals surface area contributed by atoms with Crippen molar-refractivity contribution in [2.45, 2.75) is 25.8 Å². The summed E-state index contributed by atoms with van der Waals surface area (Å²) in [6, 6.07) is 17.3. The van der Waals surface area contributed by atoms with Gasteiger partial charge in [0.15, 0.2) is 0 Å². The molecule has 4 nitrogen and oxygen atoms in total. The van der Waals surface area contributed by atoms with Crippen LogP contribution in [-0.2, 0) is 4.79 Å². The minimum Gasteiger partial charge on any atom is -0.315 e. The highest BCUT2D eigenvalue weighted by atomic mass is 16.2. The molecule has 1 atom stereocenters. The molecule has 0 saturated carbocycles. The Labute approximate surface area is 142 Å². The molecule has 1 fully saturated rings. The average Bonchev–Trinajstić information content (AvgIpc) is 3.16.